The zero-order chi connectivity index (χ0) is 13.2. The molecule has 1 saturated heterocycles. The molecule has 1 aliphatic rings. The molecule has 6 nitrogen and oxygen atoms in total. The maximum Gasteiger partial charge on any atom is 0.198 e. The van der Waals surface area contributed by atoms with E-state index in [0.29, 0.717) is 24.5 Å². The summed E-state index contributed by atoms with van der Waals surface area (Å²) in [5.41, 5.74) is 0. The summed E-state index contributed by atoms with van der Waals surface area (Å²) >= 11 is 5.85. The summed E-state index contributed by atoms with van der Waals surface area (Å²) in [5.74, 6) is 1.01. The lowest BCUT2D eigenvalue weighted by Crippen LogP contribution is -2.25. The molecule has 0 amide bonds. The number of aromatic nitrogens is 2. The second-order valence-electron chi connectivity index (χ2n) is 4.06. The zero-order valence-corrected chi connectivity index (χ0v) is 11.5. The predicted octanol–water partition coefficient (Wildman–Crippen LogP) is 1.13. The first kappa shape index (κ1) is 13.4. The van der Waals surface area contributed by atoms with Gasteiger partial charge in [0.2, 0.25) is 0 Å². The van der Waals surface area contributed by atoms with E-state index in [1.54, 1.807) is 0 Å². The maximum absolute atomic E-state index is 11.7. The van der Waals surface area contributed by atoms with Crippen molar-refractivity contribution in [1.29, 1.82) is 0 Å². The molecule has 1 fully saturated rings. The molecule has 8 heteroatoms. The minimum atomic E-state index is -2.97. The van der Waals surface area contributed by atoms with Gasteiger partial charge in [-0.15, -0.1) is 0 Å². The van der Waals surface area contributed by atoms with Crippen LogP contribution in [0.15, 0.2) is 6.33 Å². The lowest BCUT2D eigenvalue weighted by molar-refractivity contribution is 0.413. The summed E-state index contributed by atoms with van der Waals surface area (Å²) in [7, 11) is -1.51. The molecule has 1 aromatic heterocycles. The van der Waals surface area contributed by atoms with E-state index in [2.05, 4.69) is 15.3 Å². The second kappa shape index (κ2) is 5.27. The van der Waals surface area contributed by atoms with E-state index in [1.807, 2.05) is 0 Å². The van der Waals surface area contributed by atoms with Gasteiger partial charge in [0.25, 0.3) is 0 Å². The fourth-order valence-corrected chi connectivity index (χ4v) is 3.93. The predicted molar refractivity (Wildman–Crippen MR) is 68.9 cm³/mol. The molecule has 0 aliphatic carbocycles. The molecule has 0 spiro atoms. The highest BCUT2D eigenvalue weighted by Crippen LogP contribution is 2.29. The zero-order valence-electron chi connectivity index (χ0n) is 9.89. The van der Waals surface area contributed by atoms with Gasteiger partial charge in [-0.25, -0.2) is 18.4 Å². The normalized spacial score (nSPS) is 21.8. The largest absolute Gasteiger partial charge is 0.490 e. The topological polar surface area (TPSA) is 81.2 Å². The molecule has 1 atom stereocenters. The average molecular weight is 292 g/mol. The van der Waals surface area contributed by atoms with Crippen molar-refractivity contribution < 1.29 is 13.2 Å². The monoisotopic (exact) mass is 291 g/mol. The second-order valence-corrected chi connectivity index (χ2v) is 6.82. The van der Waals surface area contributed by atoms with Crippen molar-refractivity contribution >= 4 is 27.3 Å². The molecule has 18 heavy (non-hydrogen) atoms. The molecule has 1 unspecified atom stereocenters. The highest BCUT2D eigenvalue weighted by molar-refractivity contribution is 7.92. The van der Waals surface area contributed by atoms with Crippen LogP contribution >= 0.6 is 11.6 Å². The van der Waals surface area contributed by atoms with Gasteiger partial charge in [-0.3, -0.25) is 0 Å². The van der Waals surface area contributed by atoms with E-state index < -0.39 is 9.84 Å². The number of hydrogen-bond donors (Lipinski definition) is 1. The van der Waals surface area contributed by atoms with E-state index in [1.165, 1.54) is 13.4 Å². The number of anilines is 1. The van der Waals surface area contributed by atoms with Gasteiger partial charge in [0, 0.05) is 6.54 Å². The van der Waals surface area contributed by atoms with Crippen LogP contribution in [-0.4, -0.2) is 43.0 Å². The Hall–Kier alpha value is -1.08. The molecule has 1 aromatic rings. The standard InChI is InChI=1S/C10H14ClN3O3S/c1-17-8-9(11)13-6-14-10(8)12-5-7-3-2-4-18(7,15)16/h6-7H,2-5H2,1H3,(H,12,13,14). The van der Waals surface area contributed by atoms with Crippen molar-refractivity contribution in [3.8, 4) is 5.75 Å². The Morgan fingerprint density at radius 3 is 2.94 bits per heavy atom. The van der Waals surface area contributed by atoms with Crippen LogP contribution in [0, 0.1) is 0 Å². The maximum atomic E-state index is 11.7. The van der Waals surface area contributed by atoms with Gasteiger partial charge >= 0.3 is 0 Å². The van der Waals surface area contributed by atoms with Gasteiger partial charge in [0.15, 0.2) is 26.6 Å². The summed E-state index contributed by atoms with van der Waals surface area (Å²) in [4.78, 5) is 7.78. The average Bonchev–Trinajstić information content (AvgIpc) is 2.66. The van der Waals surface area contributed by atoms with Crippen molar-refractivity contribution in [3.63, 3.8) is 0 Å². The summed E-state index contributed by atoms with van der Waals surface area (Å²) in [6.45, 7) is 0.312. The van der Waals surface area contributed by atoms with Crippen molar-refractivity contribution in [3.05, 3.63) is 11.5 Å². The number of methoxy groups -OCH3 is 1. The van der Waals surface area contributed by atoms with E-state index in [0.717, 1.165) is 6.42 Å². The molecular weight excluding hydrogens is 278 g/mol. The Morgan fingerprint density at radius 1 is 1.56 bits per heavy atom. The molecule has 0 radical (unpaired) electrons. The van der Waals surface area contributed by atoms with Gasteiger partial charge in [-0.05, 0) is 12.8 Å². The van der Waals surface area contributed by atoms with Crippen LogP contribution in [-0.2, 0) is 9.84 Å². The quantitative estimate of drug-likeness (QED) is 0.838. The summed E-state index contributed by atoms with van der Waals surface area (Å²) in [6, 6.07) is 0. The third-order valence-electron chi connectivity index (χ3n) is 2.92. The van der Waals surface area contributed by atoms with E-state index in [4.69, 9.17) is 16.3 Å². The summed E-state index contributed by atoms with van der Waals surface area (Å²) in [5, 5.41) is 2.80. The number of nitrogens with one attached hydrogen (secondary N) is 1. The summed E-state index contributed by atoms with van der Waals surface area (Å²) < 4.78 is 28.4. The number of ether oxygens (including phenoxy) is 1. The molecule has 100 valence electrons. The van der Waals surface area contributed by atoms with Crippen LogP contribution < -0.4 is 10.1 Å². The van der Waals surface area contributed by atoms with Crippen molar-refractivity contribution in [1.82, 2.24) is 9.97 Å². The van der Waals surface area contributed by atoms with Crippen molar-refractivity contribution in [2.45, 2.75) is 18.1 Å². The molecule has 0 bridgehead atoms. The van der Waals surface area contributed by atoms with Crippen LogP contribution in [0.4, 0.5) is 5.82 Å². The molecular formula is C10H14ClN3O3S. The van der Waals surface area contributed by atoms with Crippen molar-refractivity contribution in [2.75, 3.05) is 24.7 Å². The van der Waals surface area contributed by atoms with Crippen LogP contribution in [0.1, 0.15) is 12.8 Å². The van der Waals surface area contributed by atoms with E-state index in [9.17, 15) is 8.42 Å². The molecule has 0 aromatic carbocycles. The third kappa shape index (κ3) is 2.67. The number of sulfone groups is 1. The molecule has 2 heterocycles. The van der Waals surface area contributed by atoms with Gasteiger partial charge in [0.1, 0.15) is 6.33 Å². The Balaban J connectivity index is 2.09. The highest BCUT2D eigenvalue weighted by Gasteiger charge is 2.31. The third-order valence-corrected chi connectivity index (χ3v) is 5.47. The lowest BCUT2D eigenvalue weighted by Gasteiger charge is -2.13. The smallest absolute Gasteiger partial charge is 0.198 e. The first-order valence-electron chi connectivity index (χ1n) is 5.54. The Bertz CT molecular complexity index is 535. The van der Waals surface area contributed by atoms with E-state index >= 15 is 0 Å². The van der Waals surface area contributed by atoms with E-state index in [-0.39, 0.29) is 16.2 Å². The SMILES string of the molecule is COc1c(Cl)ncnc1NCC1CCCS1(=O)=O. The Morgan fingerprint density at radius 2 is 2.33 bits per heavy atom. The van der Waals surface area contributed by atoms with Gasteiger partial charge in [-0.1, -0.05) is 11.6 Å². The minimum Gasteiger partial charge on any atom is -0.490 e. The van der Waals surface area contributed by atoms with Crippen LogP contribution in [0.3, 0.4) is 0 Å². The molecule has 2 rings (SSSR count). The van der Waals surface area contributed by atoms with Crippen LogP contribution in [0.25, 0.3) is 0 Å². The number of nitrogens with zero attached hydrogens (tertiary/aromatic N) is 2. The minimum absolute atomic E-state index is 0.198. The first-order valence-corrected chi connectivity index (χ1v) is 7.64. The summed E-state index contributed by atoms with van der Waals surface area (Å²) in [6.07, 6.45) is 2.70. The first-order chi connectivity index (χ1) is 8.54. The number of rotatable bonds is 4. The van der Waals surface area contributed by atoms with Crippen molar-refractivity contribution in [2.24, 2.45) is 0 Å². The van der Waals surface area contributed by atoms with Gasteiger partial charge < -0.3 is 10.1 Å². The number of halogens is 1. The molecule has 1 aliphatic heterocycles. The molecule has 0 saturated carbocycles. The Labute approximate surface area is 111 Å². The van der Waals surface area contributed by atoms with Crippen LogP contribution in [0.5, 0.6) is 5.75 Å². The fourth-order valence-electron chi connectivity index (χ4n) is 1.96. The molecule has 1 N–H and O–H groups in total. The highest BCUT2D eigenvalue weighted by atomic mass is 35.5. The fraction of sp³-hybridized carbons (Fsp3) is 0.600. The van der Waals surface area contributed by atoms with Crippen LogP contribution in [0.2, 0.25) is 5.15 Å². The lowest BCUT2D eigenvalue weighted by atomic mass is 10.2. The number of hydrogen-bond acceptors (Lipinski definition) is 6. The van der Waals surface area contributed by atoms with Gasteiger partial charge in [0.05, 0.1) is 18.1 Å². The van der Waals surface area contributed by atoms with Gasteiger partial charge in [-0.2, -0.15) is 0 Å². The Kier molecular flexibility index (Phi) is 3.91.